The third-order valence-electron chi connectivity index (χ3n) is 2.79. The zero-order chi connectivity index (χ0) is 16.1. The maximum Gasteiger partial charge on any atom is 0.319 e. The largest absolute Gasteiger partial charge is 0.387 e. The lowest BCUT2D eigenvalue weighted by Gasteiger charge is -2.13. The Morgan fingerprint density at radius 3 is 2.82 bits per heavy atom. The standard InChI is InChI=1S/C14H12Cl2FN3O2/c15-9-4-3-8(6-10(9)17)12(21)7-19-14(22)20-11-2-1-5-18-13(11)16/h1-6,12,21H,7H2,(H2,19,20,22). The summed E-state index contributed by atoms with van der Waals surface area (Å²) in [5, 5.41) is 15.0. The Kier molecular flexibility index (Phi) is 5.54. The third kappa shape index (κ3) is 4.30. The Morgan fingerprint density at radius 1 is 1.36 bits per heavy atom. The number of aromatic nitrogens is 1. The molecule has 0 saturated carbocycles. The van der Waals surface area contributed by atoms with Crippen LogP contribution in [0.25, 0.3) is 0 Å². The van der Waals surface area contributed by atoms with Crippen LogP contribution in [0.15, 0.2) is 36.5 Å². The quantitative estimate of drug-likeness (QED) is 0.745. The second-order valence-electron chi connectivity index (χ2n) is 4.37. The van der Waals surface area contributed by atoms with E-state index in [2.05, 4.69) is 15.6 Å². The summed E-state index contributed by atoms with van der Waals surface area (Å²) in [6.45, 7) is -0.106. The highest BCUT2D eigenvalue weighted by Gasteiger charge is 2.12. The molecule has 5 nitrogen and oxygen atoms in total. The van der Waals surface area contributed by atoms with Gasteiger partial charge in [0.1, 0.15) is 5.82 Å². The van der Waals surface area contributed by atoms with Gasteiger partial charge in [0.05, 0.1) is 16.8 Å². The summed E-state index contributed by atoms with van der Waals surface area (Å²) >= 11 is 11.4. The van der Waals surface area contributed by atoms with Crippen LogP contribution in [-0.2, 0) is 0 Å². The van der Waals surface area contributed by atoms with E-state index in [0.29, 0.717) is 11.3 Å². The zero-order valence-corrected chi connectivity index (χ0v) is 12.7. The smallest absolute Gasteiger partial charge is 0.319 e. The first-order valence-corrected chi connectivity index (χ1v) is 7.01. The number of carbonyl (C=O) groups excluding carboxylic acids is 1. The van der Waals surface area contributed by atoms with Gasteiger partial charge in [-0.3, -0.25) is 0 Å². The number of hydrogen-bond acceptors (Lipinski definition) is 3. The Hall–Kier alpha value is -1.89. The van der Waals surface area contributed by atoms with Crippen LogP contribution in [0.3, 0.4) is 0 Å². The number of urea groups is 1. The molecule has 0 aliphatic rings. The highest BCUT2D eigenvalue weighted by molar-refractivity contribution is 6.32. The lowest BCUT2D eigenvalue weighted by Crippen LogP contribution is -2.32. The minimum absolute atomic E-state index is 0.0344. The zero-order valence-electron chi connectivity index (χ0n) is 11.2. The van der Waals surface area contributed by atoms with Crippen molar-refractivity contribution >= 4 is 34.9 Å². The maximum atomic E-state index is 13.3. The molecule has 2 aromatic rings. The second-order valence-corrected chi connectivity index (χ2v) is 5.13. The van der Waals surface area contributed by atoms with E-state index in [1.165, 1.54) is 18.3 Å². The summed E-state index contributed by atoms with van der Waals surface area (Å²) in [4.78, 5) is 15.5. The second kappa shape index (κ2) is 7.40. The minimum Gasteiger partial charge on any atom is -0.387 e. The summed E-state index contributed by atoms with van der Waals surface area (Å²) in [7, 11) is 0. The Labute approximate surface area is 136 Å². The number of aliphatic hydroxyl groups excluding tert-OH is 1. The highest BCUT2D eigenvalue weighted by atomic mass is 35.5. The van der Waals surface area contributed by atoms with Crippen molar-refractivity contribution < 1.29 is 14.3 Å². The van der Waals surface area contributed by atoms with E-state index < -0.39 is 18.0 Å². The van der Waals surface area contributed by atoms with Crippen LogP contribution < -0.4 is 10.6 Å². The molecule has 1 aromatic heterocycles. The molecule has 1 aromatic carbocycles. The van der Waals surface area contributed by atoms with Gasteiger partial charge in [0.25, 0.3) is 0 Å². The van der Waals surface area contributed by atoms with Crippen LogP contribution in [-0.4, -0.2) is 22.7 Å². The number of benzene rings is 1. The molecule has 0 spiro atoms. The van der Waals surface area contributed by atoms with Crippen LogP contribution >= 0.6 is 23.2 Å². The molecule has 1 heterocycles. The average molecular weight is 344 g/mol. The van der Waals surface area contributed by atoms with Gasteiger partial charge in [0.2, 0.25) is 0 Å². The van der Waals surface area contributed by atoms with E-state index in [-0.39, 0.29) is 16.7 Å². The lowest BCUT2D eigenvalue weighted by molar-refractivity contribution is 0.174. The van der Waals surface area contributed by atoms with E-state index >= 15 is 0 Å². The molecule has 1 atom stereocenters. The van der Waals surface area contributed by atoms with Crippen LogP contribution in [0.1, 0.15) is 11.7 Å². The molecule has 0 aliphatic heterocycles. The predicted octanol–water partition coefficient (Wildman–Crippen LogP) is 3.38. The molecule has 0 bridgehead atoms. The van der Waals surface area contributed by atoms with E-state index in [0.717, 1.165) is 6.07 Å². The van der Waals surface area contributed by atoms with Gasteiger partial charge in [-0.25, -0.2) is 14.2 Å². The van der Waals surface area contributed by atoms with Crippen LogP contribution in [0.5, 0.6) is 0 Å². The molecule has 1 unspecified atom stereocenters. The predicted molar refractivity (Wildman–Crippen MR) is 82.6 cm³/mol. The molecular weight excluding hydrogens is 332 g/mol. The van der Waals surface area contributed by atoms with Gasteiger partial charge in [0, 0.05) is 12.7 Å². The fourth-order valence-electron chi connectivity index (χ4n) is 1.67. The van der Waals surface area contributed by atoms with Crippen LogP contribution in [0.2, 0.25) is 10.2 Å². The van der Waals surface area contributed by atoms with Crippen LogP contribution in [0, 0.1) is 5.82 Å². The number of aliphatic hydroxyl groups is 1. The minimum atomic E-state index is -1.07. The maximum absolute atomic E-state index is 13.3. The molecule has 0 radical (unpaired) electrons. The monoisotopic (exact) mass is 343 g/mol. The Morgan fingerprint density at radius 2 is 2.14 bits per heavy atom. The van der Waals surface area contributed by atoms with Crippen molar-refractivity contribution in [2.45, 2.75) is 6.10 Å². The third-order valence-corrected chi connectivity index (χ3v) is 3.40. The highest BCUT2D eigenvalue weighted by Crippen LogP contribution is 2.20. The van der Waals surface area contributed by atoms with Crippen molar-refractivity contribution in [1.82, 2.24) is 10.3 Å². The van der Waals surface area contributed by atoms with Gasteiger partial charge in [-0.15, -0.1) is 0 Å². The summed E-state index contributed by atoms with van der Waals surface area (Å²) in [6, 6.07) is 6.57. The number of anilines is 1. The summed E-state index contributed by atoms with van der Waals surface area (Å²) < 4.78 is 13.3. The summed E-state index contributed by atoms with van der Waals surface area (Å²) in [5.74, 6) is -0.634. The van der Waals surface area contributed by atoms with Gasteiger partial charge in [-0.05, 0) is 29.8 Å². The van der Waals surface area contributed by atoms with Crippen molar-refractivity contribution in [2.24, 2.45) is 0 Å². The Bertz CT molecular complexity index is 685. The van der Waals surface area contributed by atoms with E-state index in [1.807, 2.05) is 0 Å². The number of pyridine rings is 1. The summed E-state index contributed by atoms with van der Waals surface area (Å²) in [6.07, 6.45) is 0.423. The number of hydrogen-bond donors (Lipinski definition) is 3. The van der Waals surface area contributed by atoms with Crippen molar-refractivity contribution in [3.63, 3.8) is 0 Å². The molecule has 22 heavy (non-hydrogen) atoms. The molecule has 2 rings (SSSR count). The van der Waals surface area contributed by atoms with Gasteiger partial charge in [-0.2, -0.15) is 0 Å². The van der Waals surface area contributed by atoms with Gasteiger partial charge in [0.15, 0.2) is 5.15 Å². The molecule has 116 valence electrons. The number of nitrogens with one attached hydrogen (secondary N) is 2. The van der Waals surface area contributed by atoms with E-state index in [9.17, 15) is 14.3 Å². The van der Waals surface area contributed by atoms with Crippen molar-refractivity contribution in [3.05, 3.63) is 58.1 Å². The van der Waals surface area contributed by atoms with Gasteiger partial charge in [-0.1, -0.05) is 29.3 Å². The molecule has 2 amide bonds. The fourth-order valence-corrected chi connectivity index (χ4v) is 1.96. The van der Waals surface area contributed by atoms with Gasteiger partial charge < -0.3 is 15.7 Å². The van der Waals surface area contributed by atoms with Crippen molar-refractivity contribution in [2.75, 3.05) is 11.9 Å². The topological polar surface area (TPSA) is 74.2 Å². The number of carbonyl (C=O) groups is 1. The summed E-state index contributed by atoms with van der Waals surface area (Å²) in [5.41, 5.74) is 0.648. The number of nitrogens with zero attached hydrogens (tertiary/aromatic N) is 1. The molecule has 0 saturated heterocycles. The number of halogens is 3. The molecule has 8 heteroatoms. The fraction of sp³-hybridized carbons (Fsp3) is 0.143. The molecule has 0 aliphatic carbocycles. The number of amides is 2. The van der Waals surface area contributed by atoms with E-state index in [1.54, 1.807) is 12.1 Å². The van der Waals surface area contributed by atoms with Gasteiger partial charge >= 0.3 is 6.03 Å². The van der Waals surface area contributed by atoms with E-state index in [4.69, 9.17) is 23.2 Å². The van der Waals surface area contributed by atoms with Crippen molar-refractivity contribution in [3.8, 4) is 0 Å². The molecular formula is C14H12Cl2FN3O2. The SMILES string of the molecule is O=C(NCC(O)c1ccc(Cl)c(F)c1)Nc1cccnc1Cl. The molecule has 0 fully saturated rings. The average Bonchev–Trinajstić information content (AvgIpc) is 2.50. The number of rotatable bonds is 4. The first-order valence-electron chi connectivity index (χ1n) is 6.25. The normalized spacial score (nSPS) is 11.8. The van der Waals surface area contributed by atoms with Crippen molar-refractivity contribution in [1.29, 1.82) is 0 Å². The van der Waals surface area contributed by atoms with Crippen LogP contribution in [0.4, 0.5) is 14.9 Å². The first kappa shape index (κ1) is 16.5. The lowest BCUT2D eigenvalue weighted by atomic mass is 10.1. The first-order chi connectivity index (χ1) is 10.5. The molecule has 3 N–H and O–H groups in total. The Balaban J connectivity index is 1.90.